The molecule has 1 atom stereocenters. The lowest BCUT2D eigenvalue weighted by Gasteiger charge is -2.15. The highest BCUT2D eigenvalue weighted by atomic mass is 32.2. The highest BCUT2D eigenvalue weighted by Gasteiger charge is 2.37. The minimum absolute atomic E-state index is 0.0578. The normalized spacial score (nSPS) is 14.6. The Balaban J connectivity index is 1.63. The molecule has 3 aromatic rings. The number of nitrogens with zero attached hydrogens (tertiary/aromatic N) is 3. The van der Waals surface area contributed by atoms with E-state index in [1.54, 1.807) is 12.3 Å². The molecule has 2 amide bonds. The van der Waals surface area contributed by atoms with Gasteiger partial charge in [-0.2, -0.15) is 10.2 Å². The fourth-order valence-corrected chi connectivity index (χ4v) is 6.35. The van der Waals surface area contributed by atoms with Gasteiger partial charge in [0.25, 0.3) is 0 Å². The van der Waals surface area contributed by atoms with Crippen LogP contribution in [0.15, 0.2) is 30.5 Å². The number of benzene rings is 1. The smallest absolute Gasteiger partial charge is 0.245 e. The van der Waals surface area contributed by atoms with E-state index in [9.17, 15) is 18.0 Å². The summed E-state index contributed by atoms with van der Waals surface area (Å²) >= 11 is 1.13. The molecule has 12 heteroatoms. The molecule has 1 fully saturated rings. The minimum Gasteiger partial charge on any atom is -0.384 e. The van der Waals surface area contributed by atoms with E-state index in [2.05, 4.69) is 25.8 Å². The van der Waals surface area contributed by atoms with Crippen LogP contribution in [-0.4, -0.2) is 67.5 Å². The molecule has 180 valence electrons. The maximum absolute atomic E-state index is 13.1. The SMILES string of the molecule is COCCS(=O)(=O)C(C(=O)NCC(=O)NC1CC1)c1nc2ccc(-c3cnnc(C)c3)cc2s1. The molecule has 0 saturated heterocycles. The van der Waals surface area contributed by atoms with Crippen molar-refractivity contribution in [3.05, 3.63) is 41.2 Å². The lowest BCUT2D eigenvalue weighted by molar-refractivity contribution is -0.126. The number of amides is 2. The van der Waals surface area contributed by atoms with Crippen LogP contribution in [0, 0.1) is 6.92 Å². The maximum atomic E-state index is 13.1. The van der Waals surface area contributed by atoms with E-state index in [0.717, 1.165) is 45.7 Å². The van der Waals surface area contributed by atoms with Gasteiger partial charge in [-0.25, -0.2) is 13.4 Å². The van der Waals surface area contributed by atoms with Gasteiger partial charge in [0.05, 0.1) is 41.0 Å². The third kappa shape index (κ3) is 5.75. The minimum atomic E-state index is -3.95. The zero-order valence-corrected chi connectivity index (χ0v) is 20.4. The summed E-state index contributed by atoms with van der Waals surface area (Å²) in [7, 11) is -2.56. The largest absolute Gasteiger partial charge is 0.384 e. The summed E-state index contributed by atoms with van der Waals surface area (Å²) in [5.41, 5.74) is 3.09. The number of aryl methyl sites for hydroxylation is 1. The summed E-state index contributed by atoms with van der Waals surface area (Å²) in [6.45, 7) is 1.49. The molecule has 0 spiro atoms. The molecule has 1 aliphatic carbocycles. The van der Waals surface area contributed by atoms with Gasteiger partial charge >= 0.3 is 0 Å². The lowest BCUT2D eigenvalue weighted by atomic mass is 10.1. The van der Waals surface area contributed by atoms with Gasteiger partial charge in [0, 0.05) is 18.7 Å². The molecular weight excluding hydrogens is 478 g/mol. The van der Waals surface area contributed by atoms with Gasteiger partial charge in [-0.05, 0) is 43.5 Å². The predicted octanol–water partition coefficient (Wildman–Crippen LogP) is 1.56. The van der Waals surface area contributed by atoms with E-state index < -0.39 is 21.0 Å². The van der Waals surface area contributed by atoms with Crippen molar-refractivity contribution in [1.29, 1.82) is 0 Å². The number of fused-ring (bicyclic) bond motifs is 1. The Labute approximate surface area is 201 Å². The summed E-state index contributed by atoms with van der Waals surface area (Å²) in [4.78, 5) is 29.5. The Morgan fingerprint density at radius 2 is 2.03 bits per heavy atom. The number of hydrogen-bond donors (Lipinski definition) is 2. The Hall–Kier alpha value is -2.96. The number of methoxy groups -OCH3 is 1. The van der Waals surface area contributed by atoms with Gasteiger partial charge in [-0.3, -0.25) is 9.59 Å². The van der Waals surface area contributed by atoms with Crippen molar-refractivity contribution in [2.75, 3.05) is 26.0 Å². The van der Waals surface area contributed by atoms with Crippen LogP contribution in [-0.2, 0) is 24.2 Å². The molecule has 1 saturated carbocycles. The fourth-order valence-electron chi connectivity index (χ4n) is 3.38. The predicted molar refractivity (Wildman–Crippen MR) is 128 cm³/mol. The van der Waals surface area contributed by atoms with E-state index in [1.165, 1.54) is 7.11 Å². The molecule has 1 aliphatic rings. The number of hydrogen-bond acceptors (Lipinski definition) is 9. The highest BCUT2D eigenvalue weighted by Crippen LogP contribution is 2.34. The van der Waals surface area contributed by atoms with Crippen LogP contribution in [0.5, 0.6) is 0 Å². The first-order chi connectivity index (χ1) is 16.3. The van der Waals surface area contributed by atoms with Gasteiger partial charge < -0.3 is 15.4 Å². The summed E-state index contributed by atoms with van der Waals surface area (Å²) in [6.07, 6.45) is 3.47. The summed E-state index contributed by atoms with van der Waals surface area (Å²) < 4.78 is 31.8. The van der Waals surface area contributed by atoms with Crippen molar-refractivity contribution in [2.45, 2.75) is 31.1 Å². The number of aromatic nitrogens is 3. The van der Waals surface area contributed by atoms with Crippen molar-refractivity contribution in [2.24, 2.45) is 0 Å². The second-order valence-electron chi connectivity index (χ2n) is 8.12. The molecule has 1 aromatic carbocycles. The van der Waals surface area contributed by atoms with E-state index in [-0.39, 0.29) is 35.9 Å². The van der Waals surface area contributed by atoms with Gasteiger partial charge in [-0.15, -0.1) is 11.3 Å². The van der Waals surface area contributed by atoms with Gasteiger partial charge in [-0.1, -0.05) is 6.07 Å². The molecule has 0 aliphatic heterocycles. The molecule has 34 heavy (non-hydrogen) atoms. The van der Waals surface area contributed by atoms with Crippen molar-refractivity contribution >= 4 is 43.2 Å². The average molecular weight is 504 g/mol. The lowest BCUT2D eigenvalue weighted by Crippen LogP contribution is -2.41. The molecule has 2 aromatic heterocycles. The van der Waals surface area contributed by atoms with Gasteiger partial charge in [0.1, 0.15) is 5.01 Å². The fraction of sp³-hybridized carbons (Fsp3) is 0.409. The number of carbonyl (C=O) groups is 2. The summed E-state index contributed by atoms with van der Waals surface area (Å²) in [5, 5.41) is 11.8. The maximum Gasteiger partial charge on any atom is 0.245 e. The first kappa shape index (κ1) is 24.2. The highest BCUT2D eigenvalue weighted by molar-refractivity contribution is 7.92. The van der Waals surface area contributed by atoms with Gasteiger partial charge in [0.15, 0.2) is 15.1 Å². The molecule has 2 N–H and O–H groups in total. The standard InChI is InChI=1S/C22H25N5O5S2/c1-13-9-15(11-24-27-13)14-3-6-17-18(10-14)33-22(26-17)20(34(30,31)8-7-32-2)21(29)23-12-19(28)25-16-4-5-16/h3,6,9-11,16,20H,4-5,7-8,12H2,1-2H3,(H,23,29)(H,25,28). The summed E-state index contributed by atoms with van der Waals surface area (Å²) in [6, 6.07) is 7.56. The topological polar surface area (TPSA) is 140 Å². The monoisotopic (exact) mass is 503 g/mol. The van der Waals surface area contributed by atoms with Crippen LogP contribution in [0.25, 0.3) is 21.3 Å². The van der Waals surface area contributed by atoms with E-state index in [1.807, 2.05) is 25.1 Å². The quantitative estimate of drug-likeness (QED) is 0.425. The van der Waals surface area contributed by atoms with E-state index in [4.69, 9.17) is 4.74 Å². The molecule has 0 radical (unpaired) electrons. The van der Waals surface area contributed by atoms with Crippen LogP contribution in [0.4, 0.5) is 0 Å². The number of ether oxygens (including phenoxy) is 1. The molecule has 10 nitrogen and oxygen atoms in total. The first-order valence-corrected chi connectivity index (χ1v) is 13.3. The van der Waals surface area contributed by atoms with Crippen molar-refractivity contribution < 1.29 is 22.7 Å². The Kier molecular flexibility index (Phi) is 7.19. The zero-order chi connectivity index (χ0) is 24.3. The third-order valence-electron chi connectivity index (χ3n) is 5.27. The van der Waals surface area contributed by atoms with Crippen molar-refractivity contribution in [1.82, 2.24) is 25.8 Å². The average Bonchev–Trinajstić information content (AvgIpc) is 3.51. The molecule has 4 rings (SSSR count). The molecule has 2 heterocycles. The van der Waals surface area contributed by atoms with Crippen LogP contribution < -0.4 is 10.6 Å². The molecule has 0 bridgehead atoms. The van der Waals surface area contributed by atoms with Crippen LogP contribution in [0.1, 0.15) is 28.8 Å². The second-order valence-corrected chi connectivity index (χ2v) is 11.4. The number of carbonyl (C=O) groups excluding carboxylic acids is 2. The van der Waals surface area contributed by atoms with Gasteiger partial charge in [0.2, 0.25) is 11.8 Å². The number of sulfone groups is 1. The first-order valence-electron chi connectivity index (χ1n) is 10.7. The van der Waals surface area contributed by atoms with E-state index >= 15 is 0 Å². The second kappa shape index (κ2) is 10.1. The van der Waals surface area contributed by atoms with E-state index in [0.29, 0.717) is 5.52 Å². The zero-order valence-electron chi connectivity index (χ0n) is 18.8. The number of rotatable bonds is 10. The van der Waals surface area contributed by atoms with Crippen LogP contribution >= 0.6 is 11.3 Å². The third-order valence-corrected chi connectivity index (χ3v) is 8.40. The molecular formula is C22H25N5O5S2. The Morgan fingerprint density at radius 1 is 1.24 bits per heavy atom. The molecule has 1 unspecified atom stereocenters. The number of nitrogens with one attached hydrogen (secondary N) is 2. The van der Waals surface area contributed by atoms with Crippen molar-refractivity contribution in [3.8, 4) is 11.1 Å². The Morgan fingerprint density at radius 3 is 2.74 bits per heavy atom. The van der Waals surface area contributed by atoms with Crippen LogP contribution in [0.3, 0.4) is 0 Å². The number of thiazole rings is 1. The van der Waals surface area contributed by atoms with Crippen LogP contribution in [0.2, 0.25) is 0 Å². The Bertz CT molecular complexity index is 1320. The van der Waals surface area contributed by atoms with Crippen molar-refractivity contribution in [3.63, 3.8) is 0 Å². The summed E-state index contributed by atoms with van der Waals surface area (Å²) in [5.74, 6) is -1.48.